The van der Waals surface area contributed by atoms with Crippen LogP contribution in [-0.2, 0) is 9.53 Å². The van der Waals surface area contributed by atoms with Crippen molar-refractivity contribution in [3.63, 3.8) is 0 Å². The van der Waals surface area contributed by atoms with Crippen LogP contribution >= 0.6 is 0 Å². The van der Waals surface area contributed by atoms with Gasteiger partial charge in [-0.1, -0.05) is 48.6 Å². The minimum absolute atomic E-state index is 0.446. The van der Waals surface area contributed by atoms with Gasteiger partial charge in [0.05, 0.1) is 0 Å². The molecule has 0 radical (unpaired) electrons. The third kappa shape index (κ3) is 2.05. The summed E-state index contributed by atoms with van der Waals surface area (Å²) >= 11 is 0. The molecule has 74 valence electrons. The lowest BCUT2D eigenvalue weighted by Crippen LogP contribution is -1.93. The zero-order valence-electron chi connectivity index (χ0n) is 8.09. The predicted molar refractivity (Wildman–Crippen MR) is 58.8 cm³/mol. The van der Waals surface area contributed by atoms with Crippen molar-refractivity contribution < 1.29 is 9.53 Å². The molecule has 0 saturated carbocycles. The molecule has 0 bridgehead atoms. The number of hydrogen-bond acceptors (Lipinski definition) is 2. The first kappa shape index (κ1) is 9.46. The Morgan fingerprint density at radius 1 is 0.933 bits per heavy atom. The molecule has 15 heavy (non-hydrogen) atoms. The summed E-state index contributed by atoms with van der Waals surface area (Å²) in [5.41, 5.74) is 1.94. The van der Waals surface area contributed by atoms with Crippen molar-refractivity contribution in [3.8, 4) is 0 Å². The minimum Gasteiger partial charge on any atom is -0.428 e. The first-order valence-electron chi connectivity index (χ1n) is 4.66. The summed E-state index contributed by atoms with van der Waals surface area (Å²) in [6, 6.07) is 0. The third-order valence-corrected chi connectivity index (χ3v) is 2.15. The minimum atomic E-state index is 0.446. The van der Waals surface area contributed by atoms with Crippen molar-refractivity contribution in [1.29, 1.82) is 0 Å². The SMILES string of the molecule is O=COC1=C2C=CC=CC=C2C=CC=C1. The van der Waals surface area contributed by atoms with Crippen molar-refractivity contribution in [2.24, 2.45) is 0 Å². The molecule has 0 heterocycles. The van der Waals surface area contributed by atoms with Crippen molar-refractivity contribution in [2.75, 3.05) is 0 Å². The quantitative estimate of drug-likeness (QED) is 0.637. The molecule has 0 aliphatic heterocycles. The van der Waals surface area contributed by atoms with Crippen LogP contribution in [0.2, 0.25) is 0 Å². The lowest BCUT2D eigenvalue weighted by Gasteiger charge is -2.05. The van der Waals surface area contributed by atoms with Gasteiger partial charge in [0.2, 0.25) is 0 Å². The van der Waals surface area contributed by atoms with Crippen LogP contribution in [0.1, 0.15) is 0 Å². The summed E-state index contributed by atoms with van der Waals surface area (Å²) in [6.45, 7) is 0.446. The lowest BCUT2D eigenvalue weighted by atomic mass is 10.1. The van der Waals surface area contributed by atoms with Crippen molar-refractivity contribution in [3.05, 3.63) is 71.6 Å². The van der Waals surface area contributed by atoms with Gasteiger partial charge >= 0.3 is 0 Å². The topological polar surface area (TPSA) is 26.3 Å². The van der Waals surface area contributed by atoms with Crippen molar-refractivity contribution in [2.45, 2.75) is 0 Å². The Morgan fingerprint density at radius 3 is 2.60 bits per heavy atom. The van der Waals surface area contributed by atoms with Gasteiger partial charge in [0.1, 0.15) is 5.76 Å². The fourth-order valence-electron chi connectivity index (χ4n) is 1.48. The number of carbonyl (C=O) groups is 1. The Morgan fingerprint density at radius 2 is 1.73 bits per heavy atom. The van der Waals surface area contributed by atoms with Gasteiger partial charge in [0.15, 0.2) is 0 Å². The molecule has 0 N–H and O–H groups in total. The molecule has 0 unspecified atom stereocenters. The maximum atomic E-state index is 10.4. The second kappa shape index (κ2) is 4.42. The van der Waals surface area contributed by atoms with Gasteiger partial charge in [-0.3, -0.25) is 4.79 Å². The van der Waals surface area contributed by atoms with Crippen LogP contribution in [0.15, 0.2) is 71.6 Å². The monoisotopic (exact) mass is 198 g/mol. The Labute approximate surface area is 88.2 Å². The van der Waals surface area contributed by atoms with Crippen molar-refractivity contribution in [1.82, 2.24) is 0 Å². The van der Waals surface area contributed by atoms with Gasteiger partial charge in [-0.2, -0.15) is 0 Å². The van der Waals surface area contributed by atoms with Gasteiger partial charge < -0.3 is 4.74 Å². The molecular weight excluding hydrogens is 188 g/mol. The molecule has 0 aromatic carbocycles. The van der Waals surface area contributed by atoms with Crippen LogP contribution in [-0.4, -0.2) is 6.47 Å². The van der Waals surface area contributed by atoms with E-state index in [-0.39, 0.29) is 0 Å². The first-order valence-corrected chi connectivity index (χ1v) is 4.66. The molecule has 2 nitrogen and oxygen atoms in total. The molecule has 0 spiro atoms. The fraction of sp³-hybridized carbons (Fsp3) is 0. The molecule has 0 atom stereocenters. The first-order chi connectivity index (χ1) is 7.42. The normalized spacial score (nSPS) is 18.0. The second-order valence-corrected chi connectivity index (χ2v) is 3.08. The standard InChI is InChI=1S/C13H10O2/c14-10-15-13-9-5-4-7-11-6-2-1-3-8-12(11)13/h1-10H. The highest BCUT2D eigenvalue weighted by molar-refractivity contribution is 5.58. The van der Waals surface area contributed by atoms with E-state index in [0.29, 0.717) is 12.2 Å². The molecule has 2 aliphatic rings. The maximum Gasteiger partial charge on any atom is 0.298 e. The van der Waals surface area contributed by atoms with E-state index in [9.17, 15) is 4.79 Å². The molecule has 2 rings (SSSR count). The fourth-order valence-corrected chi connectivity index (χ4v) is 1.48. The van der Waals surface area contributed by atoms with E-state index in [1.807, 2.05) is 48.6 Å². The predicted octanol–water partition coefficient (Wildman–Crippen LogP) is 2.59. The second-order valence-electron chi connectivity index (χ2n) is 3.08. The summed E-state index contributed by atoms with van der Waals surface area (Å²) in [7, 11) is 0. The number of ether oxygens (including phenoxy) is 1. The number of fused-ring (bicyclic) bond motifs is 1. The number of allylic oxidation sites excluding steroid dienone is 11. The largest absolute Gasteiger partial charge is 0.428 e. The maximum absolute atomic E-state index is 10.4. The molecule has 0 saturated heterocycles. The van der Waals surface area contributed by atoms with Crippen LogP contribution in [0.25, 0.3) is 0 Å². The molecule has 0 aromatic rings. The van der Waals surface area contributed by atoms with Gasteiger partial charge in [-0.15, -0.1) is 0 Å². The van der Waals surface area contributed by atoms with Gasteiger partial charge in [-0.25, -0.2) is 0 Å². The summed E-state index contributed by atoms with van der Waals surface area (Å²) < 4.78 is 4.94. The van der Waals surface area contributed by atoms with Gasteiger partial charge in [-0.05, 0) is 11.6 Å². The zero-order valence-corrected chi connectivity index (χ0v) is 8.09. The highest BCUT2D eigenvalue weighted by Crippen LogP contribution is 2.23. The van der Waals surface area contributed by atoms with E-state index in [4.69, 9.17) is 4.74 Å². The Balaban J connectivity index is 2.52. The Hall–Kier alpha value is -2.09. The average Bonchev–Trinajstić information content (AvgIpc) is 2.55. The number of hydrogen-bond donors (Lipinski definition) is 0. The third-order valence-electron chi connectivity index (χ3n) is 2.15. The summed E-state index contributed by atoms with van der Waals surface area (Å²) in [5, 5.41) is 0. The van der Waals surface area contributed by atoms with E-state index >= 15 is 0 Å². The van der Waals surface area contributed by atoms with Crippen LogP contribution in [0, 0.1) is 0 Å². The van der Waals surface area contributed by atoms with E-state index in [0.717, 1.165) is 11.1 Å². The van der Waals surface area contributed by atoms with Crippen LogP contribution in [0.4, 0.5) is 0 Å². The Bertz CT molecular complexity index is 443. The summed E-state index contributed by atoms with van der Waals surface area (Å²) in [6.07, 6.45) is 17.2. The summed E-state index contributed by atoms with van der Waals surface area (Å²) in [5.74, 6) is 0.571. The Kier molecular flexibility index (Phi) is 2.79. The van der Waals surface area contributed by atoms with E-state index in [1.54, 1.807) is 6.08 Å². The molecule has 0 aromatic heterocycles. The molecule has 2 aliphatic carbocycles. The smallest absolute Gasteiger partial charge is 0.298 e. The van der Waals surface area contributed by atoms with Crippen LogP contribution in [0.3, 0.4) is 0 Å². The van der Waals surface area contributed by atoms with Gasteiger partial charge in [0.25, 0.3) is 6.47 Å². The number of rotatable bonds is 2. The highest BCUT2D eigenvalue weighted by Gasteiger charge is 2.09. The highest BCUT2D eigenvalue weighted by atomic mass is 16.5. The molecule has 0 amide bonds. The van der Waals surface area contributed by atoms with E-state index in [2.05, 4.69) is 0 Å². The van der Waals surface area contributed by atoms with E-state index in [1.165, 1.54) is 0 Å². The van der Waals surface area contributed by atoms with E-state index < -0.39 is 0 Å². The van der Waals surface area contributed by atoms with Gasteiger partial charge in [0, 0.05) is 5.57 Å². The zero-order chi connectivity index (χ0) is 10.5. The average molecular weight is 198 g/mol. The lowest BCUT2D eigenvalue weighted by molar-refractivity contribution is -0.124. The molecular formula is C13H10O2. The summed E-state index contributed by atoms with van der Waals surface area (Å²) in [4.78, 5) is 10.4. The number of carbonyl (C=O) groups excluding carboxylic acids is 1. The van der Waals surface area contributed by atoms with Crippen LogP contribution in [0.5, 0.6) is 0 Å². The molecule has 2 heteroatoms. The van der Waals surface area contributed by atoms with Crippen LogP contribution < -0.4 is 0 Å². The molecule has 0 fully saturated rings. The van der Waals surface area contributed by atoms with Crippen molar-refractivity contribution >= 4 is 6.47 Å².